The van der Waals surface area contributed by atoms with Crippen molar-refractivity contribution in [1.82, 2.24) is 14.6 Å². The summed E-state index contributed by atoms with van der Waals surface area (Å²) in [7, 11) is 0. The number of nitrogens with zero attached hydrogens (tertiary/aromatic N) is 4. The van der Waals surface area contributed by atoms with Gasteiger partial charge in [-0.05, 0) is 43.4 Å². The van der Waals surface area contributed by atoms with Gasteiger partial charge in [0.25, 0.3) is 5.91 Å². The number of carbonyl (C=O) groups is 1. The number of hydrogen-bond donors (Lipinski definition) is 0. The van der Waals surface area contributed by atoms with Crippen molar-refractivity contribution in [3.05, 3.63) is 34.6 Å². The third-order valence-corrected chi connectivity index (χ3v) is 5.95. The van der Waals surface area contributed by atoms with Gasteiger partial charge in [-0.2, -0.15) is 0 Å². The monoisotopic (exact) mass is 378 g/mol. The van der Waals surface area contributed by atoms with Crippen molar-refractivity contribution in [2.75, 3.05) is 18.1 Å². The number of fused-ring (bicyclic) bond motifs is 1. The maximum Gasteiger partial charge on any atom is 0.273 e. The quantitative estimate of drug-likeness (QED) is 0.696. The summed E-state index contributed by atoms with van der Waals surface area (Å²) >= 11 is 2.35. The second kappa shape index (κ2) is 6.74. The molecule has 0 radical (unpaired) electrons. The van der Waals surface area contributed by atoms with E-state index in [2.05, 4.69) is 14.6 Å². The fourth-order valence-corrected chi connectivity index (χ4v) is 4.40. The molecular weight excluding hydrogens is 363 g/mol. The first-order valence-corrected chi connectivity index (χ1v) is 9.50. The average molecular weight is 378 g/mol. The summed E-state index contributed by atoms with van der Waals surface area (Å²) in [5, 5.41) is 4.38. The Hall–Kier alpha value is -1.97. The first-order valence-electron chi connectivity index (χ1n) is 7.91. The van der Waals surface area contributed by atoms with Gasteiger partial charge in [0.05, 0.1) is 23.0 Å². The van der Waals surface area contributed by atoms with Gasteiger partial charge < -0.3 is 4.74 Å². The van der Waals surface area contributed by atoms with Gasteiger partial charge in [-0.15, -0.1) is 5.10 Å². The Balaban J connectivity index is 1.74. The lowest BCUT2D eigenvalue weighted by atomic mass is 10.2. The van der Waals surface area contributed by atoms with Crippen LogP contribution >= 0.6 is 22.9 Å². The van der Waals surface area contributed by atoms with Gasteiger partial charge in [-0.3, -0.25) is 9.69 Å². The fraction of sp³-hybridized carbons (Fsp3) is 0.375. The Labute approximate surface area is 151 Å². The smallest absolute Gasteiger partial charge is 0.273 e. The number of thiazole rings is 1. The summed E-state index contributed by atoms with van der Waals surface area (Å²) in [6.45, 7) is 2.83. The predicted octanol–water partition coefficient (Wildman–Crippen LogP) is 3.42. The van der Waals surface area contributed by atoms with Crippen LogP contribution in [0, 0.1) is 12.7 Å². The number of hydrogen-bond acceptors (Lipinski definition) is 7. The number of amides is 1. The lowest BCUT2D eigenvalue weighted by Crippen LogP contribution is -2.37. The molecule has 1 saturated heterocycles. The molecule has 0 aliphatic carbocycles. The van der Waals surface area contributed by atoms with Crippen LogP contribution in [0.15, 0.2) is 18.2 Å². The molecule has 1 amide bonds. The zero-order valence-corrected chi connectivity index (χ0v) is 15.1. The second-order valence-corrected chi connectivity index (χ2v) is 7.58. The van der Waals surface area contributed by atoms with Crippen LogP contribution in [-0.2, 0) is 4.74 Å². The number of aromatic nitrogens is 3. The van der Waals surface area contributed by atoms with Crippen LogP contribution in [0.4, 0.5) is 9.52 Å². The van der Waals surface area contributed by atoms with Crippen molar-refractivity contribution in [3.63, 3.8) is 0 Å². The van der Waals surface area contributed by atoms with Crippen LogP contribution in [0.25, 0.3) is 10.2 Å². The molecule has 3 heterocycles. The zero-order valence-electron chi connectivity index (χ0n) is 13.4. The lowest BCUT2D eigenvalue weighted by molar-refractivity contribution is 0.0920. The summed E-state index contributed by atoms with van der Waals surface area (Å²) in [5.74, 6) is -0.609. The second-order valence-electron chi connectivity index (χ2n) is 5.82. The molecule has 1 aliphatic rings. The molecular formula is C16H15FN4O2S2. The molecule has 3 aromatic rings. The molecule has 0 bridgehead atoms. The highest BCUT2D eigenvalue weighted by atomic mass is 32.1. The normalized spacial score (nSPS) is 17.3. The fourth-order valence-electron chi connectivity index (χ4n) is 2.81. The largest absolute Gasteiger partial charge is 0.376 e. The van der Waals surface area contributed by atoms with E-state index in [1.54, 1.807) is 24.0 Å². The van der Waals surface area contributed by atoms with Gasteiger partial charge in [0, 0.05) is 6.61 Å². The molecule has 0 spiro atoms. The van der Waals surface area contributed by atoms with Crippen molar-refractivity contribution < 1.29 is 13.9 Å². The number of benzene rings is 1. The van der Waals surface area contributed by atoms with E-state index in [0.717, 1.165) is 24.4 Å². The zero-order chi connectivity index (χ0) is 17.4. The summed E-state index contributed by atoms with van der Waals surface area (Å²) in [6, 6.07) is 4.81. The molecule has 6 nitrogen and oxygen atoms in total. The summed E-state index contributed by atoms with van der Waals surface area (Å²) in [4.78, 5) is 19.5. The number of carbonyl (C=O) groups excluding carboxylic acids is 1. The Kier molecular flexibility index (Phi) is 4.45. The minimum Gasteiger partial charge on any atom is -0.376 e. The van der Waals surface area contributed by atoms with Gasteiger partial charge in [-0.1, -0.05) is 21.9 Å². The molecule has 0 saturated carbocycles. The van der Waals surface area contributed by atoms with E-state index in [4.69, 9.17) is 4.74 Å². The molecule has 9 heteroatoms. The molecule has 1 aliphatic heterocycles. The highest BCUT2D eigenvalue weighted by Gasteiger charge is 2.29. The van der Waals surface area contributed by atoms with Crippen molar-refractivity contribution in [1.29, 1.82) is 0 Å². The number of para-hydroxylation sites is 1. The molecule has 1 aromatic carbocycles. The van der Waals surface area contributed by atoms with Crippen molar-refractivity contribution in [2.24, 2.45) is 0 Å². The summed E-state index contributed by atoms with van der Waals surface area (Å²) in [5.41, 5.74) is 0.867. The number of halogens is 1. The number of anilines is 1. The third kappa shape index (κ3) is 3.14. The number of rotatable bonds is 4. The van der Waals surface area contributed by atoms with Crippen LogP contribution in [0.5, 0.6) is 0 Å². The maximum atomic E-state index is 14.0. The molecule has 1 fully saturated rings. The van der Waals surface area contributed by atoms with E-state index in [1.165, 1.54) is 17.4 Å². The van der Waals surface area contributed by atoms with Gasteiger partial charge in [-0.25, -0.2) is 9.37 Å². The standard InChI is InChI=1S/C16H15FN4O2S2/c1-9-14(25-20-19-9)15(22)21(8-10-4-3-7-23-10)16-18-13-11(17)5-2-6-12(13)24-16/h2,5-6,10H,3-4,7-8H2,1H3/t10-/m0/s1. The molecule has 4 rings (SSSR count). The Bertz CT molecular complexity index is 920. The number of aryl methyl sites for hydroxylation is 1. The van der Waals surface area contributed by atoms with E-state index in [-0.39, 0.29) is 23.3 Å². The van der Waals surface area contributed by atoms with Crippen LogP contribution in [-0.4, -0.2) is 39.7 Å². The van der Waals surface area contributed by atoms with Crippen molar-refractivity contribution >= 4 is 44.1 Å². The lowest BCUT2D eigenvalue weighted by Gasteiger charge is -2.22. The van der Waals surface area contributed by atoms with Crippen LogP contribution in [0.2, 0.25) is 0 Å². The first kappa shape index (κ1) is 16.5. The van der Waals surface area contributed by atoms with E-state index < -0.39 is 0 Å². The highest BCUT2D eigenvalue weighted by molar-refractivity contribution is 7.22. The van der Waals surface area contributed by atoms with Gasteiger partial charge in [0.2, 0.25) is 0 Å². The Morgan fingerprint density at radius 3 is 3.04 bits per heavy atom. The Morgan fingerprint density at radius 2 is 2.36 bits per heavy atom. The van der Waals surface area contributed by atoms with Crippen molar-refractivity contribution in [3.8, 4) is 0 Å². The Morgan fingerprint density at radius 1 is 1.48 bits per heavy atom. The molecule has 130 valence electrons. The molecule has 0 unspecified atom stereocenters. The van der Waals surface area contributed by atoms with Crippen molar-refractivity contribution in [2.45, 2.75) is 25.9 Å². The molecule has 2 aromatic heterocycles. The maximum absolute atomic E-state index is 14.0. The minimum atomic E-state index is -0.389. The third-order valence-electron chi connectivity index (χ3n) is 4.09. The molecule has 25 heavy (non-hydrogen) atoms. The van der Waals surface area contributed by atoms with E-state index in [1.807, 2.05) is 0 Å². The van der Waals surface area contributed by atoms with Crippen LogP contribution < -0.4 is 4.90 Å². The summed E-state index contributed by atoms with van der Waals surface area (Å²) in [6.07, 6.45) is 1.83. The SMILES string of the molecule is Cc1nnsc1C(=O)N(C[C@@H]1CCCO1)c1nc2c(F)cccc2s1. The van der Waals surface area contributed by atoms with Crippen LogP contribution in [0.1, 0.15) is 28.2 Å². The molecule has 1 atom stereocenters. The topological polar surface area (TPSA) is 68.2 Å². The van der Waals surface area contributed by atoms with E-state index in [9.17, 15) is 9.18 Å². The van der Waals surface area contributed by atoms with Gasteiger partial charge in [0.15, 0.2) is 5.13 Å². The molecule has 0 N–H and O–H groups in total. The van der Waals surface area contributed by atoms with E-state index in [0.29, 0.717) is 33.6 Å². The minimum absolute atomic E-state index is 0.0398. The average Bonchev–Trinajstić information content (AvgIpc) is 3.32. The van der Waals surface area contributed by atoms with Gasteiger partial charge >= 0.3 is 0 Å². The van der Waals surface area contributed by atoms with Crippen LogP contribution in [0.3, 0.4) is 0 Å². The van der Waals surface area contributed by atoms with Gasteiger partial charge in [0.1, 0.15) is 16.2 Å². The number of ether oxygens (including phenoxy) is 1. The predicted molar refractivity (Wildman–Crippen MR) is 94.9 cm³/mol. The van der Waals surface area contributed by atoms with E-state index >= 15 is 0 Å². The highest BCUT2D eigenvalue weighted by Crippen LogP contribution is 2.32. The summed E-state index contributed by atoms with van der Waals surface area (Å²) < 4.78 is 24.2. The first-order chi connectivity index (χ1) is 12.1.